The van der Waals surface area contributed by atoms with E-state index in [0.717, 1.165) is 44.3 Å². The minimum atomic E-state index is 0. The molecule has 0 saturated carbocycles. The summed E-state index contributed by atoms with van der Waals surface area (Å²) in [5.74, 6) is 2.06. The number of rotatable bonds is 4. The number of benzene rings is 5. The molecule has 0 N–H and O–H groups in total. The smallest absolute Gasteiger partial charge is 0.242 e. The molecule has 9 aromatic rings. The fraction of sp³-hybridized carbons (Fsp3) is 0.0270. The molecule has 7 heteroatoms. The van der Waals surface area contributed by atoms with E-state index < -0.39 is 0 Å². The average Bonchev–Trinajstić information content (AvgIpc) is 3.70. The van der Waals surface area contributed by atoms with Gasteiger partial charge in [0.1, 0.15) is 5.82 Å². The summed E-state index contributed by atoms with van der Waals surface area (Å²) in [6.07, 6.45) is 5.21. The Morgan fingerprint density at radius 2 is 1.55 bits per heavy atom. The Labute approximate surface area is 270 Å². The third-order valence-electron chi connectivity index (χ3n) is 7.98. The van der Waals surface area contributed by atoms with Crippen molar-refractivity contribution in [2.24, 2.45) is 7.05 Å². The molecule has 0 bridgehead atoms. The number of aryl methyl sites for hydroxylation is 1. The molecule has 0 radical (unpaired) electrons. The molecule has 0 fully saturated rings. The minimum absolute atomic E-state index is 0. The molecule has 0 amide bonds. The molecule has 9 rings (SSSR count). The number of aromatic nitrogens is 4. The van der Waals surface area contributed by atoms with E-state index in [9.17, 15) is 0 Å². The number of nitrogens with zero attached hydrogens (tertiary/aromatic N) is 4. The quantitative estimate of drug-likeness (QED) is 0.107. The van der Waals surface area contributed by atoms with Gasteiger partial charge in [-0.1, -0.05) is 65.8 Å². The second-order valence-electron chi connectivity index (χ2n) is 10.5. The number of ether oxygens (including phenoxy) is 1. The molecule has 44 heavy (non-hydrogen) atoms. The summed E-state index contributed by atoms with van der Waals surface area (Å²) in [5, 5.41) is 4.75. The Hall–Kier alpha value is -4.80. The predicted molar refractivity (Wildman–Crippen MR) is 172 cm³/mol. The largest absolute Gasteiger partial charge is 0.510 e. The number of hydrogen-bond donors (Lipinski definition) is 0. The maximum atomic E-state index is 6.42. The van der Waals surface area contributed by atoms with E-state index in [2.05, 4.69) is 77.6 Å². The van der Waals surface area contributed by atoms with E-state index in [0.29, 0.717) is 11.5 Å². The summed E-state index contributed by atoms with van der Waals surface area (Å²) in [7, 11) is 2.00. The zero-order chi connectivity index (χ0) is 28.5. The van der Waals surface area contributed by atoms with Crippen LogP contribution < -0.4 is 9.30 Å². The Morgan fingerprint density at radius 1 is 0.727 bits per heavy atom. The predicted octanol–water partition coefficient (Wildman–Crippen LogP) is 8.51. The van der Waals surface area contributed by atoms with Gasteiger partial charge in [0, 0.05) is 58.3 Å². The van der Waals surface area contributed by atoms with Gasteiger partial charge in [0.25, 0.3) is 0 Å². The van der Waals surface area contributed by atoms with Crippen LogP contribution >= 0.6 is 11.3 Å². The van der Waals surface area contributed by atoms with Crippen molar-refractivity contribution >= 4 is 64.3 Å². The molecule has 5 nitrogen and oxygen atoms in total. The molecule has 0 aliphatic rings. The van der Waals surface area contributed by atoms with E-state index in [1.165, 1.54) is 20.2 Å². The van der Waals surface area contributed by atoms with E-state index in [1.807, 2.05) is 88.3 Å². The van der Waals surface area contributed by atoms with Crippen LogP contribution in [0.1, 0.15) is 0 Å². The van der Waals surface area contributed by atoms with Gasteiger partial charge in [-0.3, -0.25) is 0 Å². The van der Waals surface area contributed by atoms with Gasteiger partial charge in [-0.2, -0.15) is 18.2 Å². The maximum Gasteiger partial charge on any atom is 0.242 e. The van der Waals surface area contributed by atoms with Gasteiger partial charge >= 0.3 is 0 Å². The topological polar surface area (TPSA) is 35.9 Å². The third-order valence-corrected chi connectivity index (χ3v) is 9.11. The first-order valence-electron chi connectivity index (χ1n) is 14.0. The molecule has 4 aromatic heterocycles. The van der Waals surface area contributed by atoms with Crippen molar-refractivity contribution in [1.29, 1.82) is 0 Å². The fourth-order valence-corrected chi connectivity index (χ4v) is 7.22. The van der Waals surface area contributed by atoms with E-state index >= 15 is 0 Å². The Kier molecular flexibility index (Phi) is 6.35. The number of imidazole rings is 1. The second-order valence-corrected chi connectivity index (χ2v) is 11.6. The van der Waals surface area contributed by atoms with Crippen molar-refractivity contribution in [3.8, 4) is 23.0 Å². The molecular weight excluding hydrogens is 655 g/mol. The summed E-state index contributed by atoms with van der Waals surface area (Å²) in [6.45, 7) is 0. The van der Waals surface area contributed by atoms with Crippen LogP contribution in [0.15, 0.2) is 115 Å². The second kappa shape index (κ2) is 10.4. The zero-order valence-electron chi connectivity index (χ0n) is 23.4. The van der Waals surface area contributed by atoms with Crippen LogP contribution in [0.5, 0.6) is 11.5 Å². The van der Waals surface area contributed by atoms with Crippen LogP contribution in [0.4, 0.5) is 0 Å². The number of pyridine rings is 1. The van der Waals surface area contributed by atoms with Crippen molar-refractivity contribution in [3.05, 3.63) is 134 Å². The Bertz CT molecular complexity index is 2510. The summed E-state index contributed by atoms with van der Waals surface area (Å²) >= 11 is 1.82. The molecule has 0 aliphatic carbocycles. The number of thiophene rings is 1. The summed E-state index contributed by atoms with van der Waals surface area (Å²) in [6, 6.07) is 44.4. The van der Waals surface area contributed by atoms with Crippen molar-refractivity contribution in [3.63, 3.8) is 0 Å². The first-order chi connectivity index (χ1) is 21.2. The van der Waals surface area contributed by atoms with Gasteiger partial charge in [0.15, 0.2) is 0 Å². The summed E-state index contributed by atoms with van der Waals surface area (Å²) in [4.78, 5) is 4.77. The standard InChI is InChI=1S/C37H22N4OS.Pd/c1-39-23-40(31-13-4-3-12-30(31)39)24-9-8-10-25(21-24)42-26-16-17-27-28-18-19-34-36(29-11-2-5-14-33(29)43-34)37(28)41(32(27)22-26)35-15-6-7-20-38-35;/h2-20H,1H3;/q-2;. The van der Waals surface area contributed by atoms with Crippen LogP contribution in [0, 0.1) is 18.5 Å². The third kappa shape index (κ3) is 4.09. The first kappa shape index (κ1) is 26.8. The normalized spacial score (nSPS) is 11.6. The van der Waals surface area contributed by atoms with Gasteiger partial charge < -0.3 is 18.4 Å². The van der Waals surface area contributed by atoms with Crippen LogP contribution in [0.3, 0.4) is 0 Å². The molecule has 0 atom stereocenters. The first-order valence-corrected chi connectivity index (χ1v) is 14.9. The average molecular weight is 677 g/mol. The van der Waals surface area contributed by atoms with Gasteiger partial charge in [-0.05, 0) is 29.7 Å². The number of hydrogen-bond acceptors (Lipinski definition) is 3. The van der Waals surface area contributed by atoms with Crippen LogP contribution in [0.2, 0.25) is 0 Å². The number of para-hydroxylation sites is 2. The van der Waals surface area contributed by atoms with Crippen LogP contribution in [-0.4, -0.2) is 14.1 Å². The molecule has 5 aromatic carbocycles. The molecule has 0 spiro atoms. The molecule has 0 unspecified atom stereocenters. The maximum absolute atomic E-state index is 6.42. The van der Waals surface area contributed by atoms with Crippen molar-refractivity contribution in [2.75, 3.05) is 0 Å². The van der Waals surface area contributed by atoms with Gasteiger partial charge in [-0.25, -0.2) is 4.98 Å². The Morgan fingerprint density at radius 3 is 2.45 bits per heavy atom. The van der Waals surface area contributed by atoms with Crippen LogP contribution in [-0.2, 0) is 27.5 Å². The number of fused-ring (bicyclic) bond motifs is 8. The molecular formula is C37H22N4OPdS-2. The molecule has 0 aliphatic heterocycles. The van der Waals surface area contributed by atoms with Crippen molar-refractivity contribution in [1.82, 2.24) is 14.1 Å². The van der Waals surface area contributed by atoms with Crippen LogP contribution in [0.25, 0.3) is 64.5 Å². The zero-order valence-corrected chi connectivity index (χ0v) is 25.8. The monoisotopic (exact) mass is 676 g/mol. The van der Waals surface area contributed by atoms with Gasteiger partial charge in [0.05, 0.1) is 23.6 Å². The van der Waals surface area contributed by atoms with Crippen molar-refractivity contribution < 1.29 is 29.7 Å². The molecule has 4 heterocycles. The van der Waals surface area contributed by atoms with Crippen molar-refractivity contribution in [2.45, 2.75) is 0 Å². The van der Waals surface area contributed by atoms with E-state index in [4.69, 9.17) is 9.72 Å². The van der Waals surface area contributed by atoms with Gasteiger partial charge in [-0.15, -0.1) is 41.0 Å². The van der Waals surface area contributed by atoms with E-state index in [1.54, 1.807) is 0 Å². The summed E-state index contributed by atoms with van der Waals surface area (Å²) < 4.78 is 15.2. The minimum Gasteiger partial charge on any atom is -0.510 e. The molecule has 0 saturated heterocycles. The SMILES string of the molecule is Cn1[c-][n+](-c2[c-]c(Oc3[c-]c4c(cc3)c3ccc5sc6ccccc6c5c3n4-c3ccccn3)ccc2)c2ccccc21.[Pd]. The Balaban J connectivity index is 0.00000289. The fourth-order valence-electron chi connectivity index (χ4n) is 6.11. The summed E-state index contributed by atoms with van der Waals surface area (Å²) in [5.41, 5.74) is 5.05. The molecule has 214 valence electrons. The van der Waals surface area contributed by atoms with E-state index in [-0.39, 0.29) is 20.4 Å². The van der Waals surface area contributed by atoms with Gasteiger partial charge in [0.2, 0.25) is 6.33 Å².